The molecule has 0 bridgehead atoms. The number of alkyl halides is 2. The normalized spacial score (nSPS) is 21.8. The predicted molar refractivity (Wildman–Crippen MR) is 71.5 cm³/mol. The van der Waals surface area contributed by atoms with Crippen molar-refractivity contribution in [2.24, 2.45) is 5.92 Å². The van der Waals surface area contributed by atoms with E-state index >= 15 is 0 Å². The summed E-state index contributed by atoms with van der Waals surface area (Å²) >= 11 is 6.32. The lowest BCUT2D eigenvalue weighted by Crippen LogP contribution is -2.27. The highest BCUT2D eigenvalue weighted by Crippen LogP contribution is 2.43. The number of aryl methyl sites for hydroxylation is 1. The summed E-state index contributed by atoms with van der Waals surface area (Å²) in [5.74, 6) is -1.87. The zero-order valence-corrected chi connectivity index (χ0v) is 11.6. The summed E-state index contributed by atoms with van der Waals surface area (Å²) < 4.78 is 26.3. The van der Waals surface area contributed by atoms with Gasteiger partial charge in [0, 0.05) is 17.9 Å². The van der Waals surface area contributed by atoms with Gasteiger partial charge in [-0.3, -0.25) is 0 Å². The second-order valence-electron chi connectivity index (χ2n) is 5.46. The topological polar surface area (TPSA) is 0 Å². The average molecular weight is 273 g/mol. The molecule has 1 fully saturated rings. The van der Waals surface area contributed by atoms with Gasteiger partial charge in [-0.1, -0.05) is 36.7 Å². The highest BCUT2D eigenvalue weighted by molar-refractivity contribution is 6.32. The third-order valence-corrected chi connectivity index (χ3v) is 4.70. The Morgan fingerprint density at radius 2 is 1.89 bits per heavy atom. The summed E-state index contributed by atoms with van der Waals surface area (Å²) in [5.41, 5.74) is 2.16. The van der Waals surface area contributed by atoms with E-state index in [0.29, 0.717) is 18.8 Å². The molecule has 1 saturated carbocycles. The van der Waals surface area contributed by atoms with Crippen molar-refractivity contribution in [1.82, 2.24) is 0 Å². The number of rotatable bonds is 2. The van der Waals surface area contributed by atoms with Gasteiger partial charge in [0.25, 0.3) is 0 Å². The molecule has 0 heterocycles. The van der Waals surface area contributed by atoms with E-state index in [1.165, 1.54) is 0 Å². The fraction of sp³-hybridized carbons (Fsp3) is 0.600. The van der Waals surface area contributed by atoms with E-state index in [4.69, 9.17) is 11.6 Å². The van der Waals surface area contributed by atoms with Crippen LogP contribution in [0.3, 0.4) is 0 Å². The predicted octanol–water partition coefficient (Wildman–Crippen LogP) is 5.58. The van der Waals surface area contributed by atoms with E-state index in [1.54, 1.807) is 0 Å². The first-order valence-corrected chi connectivity index (χ1v) is 6.91. The molecule has 0 amide bonds. The molecule has 3 heteroatoms. The van der Waals surface area contributed by atoms with E-state index in [-0.39, 0.29) is 18.8 Å². The molecule has 0 aliphatic heterocycles. The average Bonchev–Trinajstić information content (AvgIpc) is 2.32. The first-order chi connectivity index (χ1) is 8.41. The molecule has 0 spiro atoms. The highest BCUT2D eigenvalue weighted by atomic mass is 35.5. The third kappa shape index (κ3) is 2.85. The largest absolute Gasteiger partial charge is 0.248 e. The minimum atomic E-state index is -2.45. The fourth-order valence-electron chi connectivity index (χ4n) is 2.84. The zero-order valence-electron chi connectivity index (χ0n) is 10.8. The van der Waals surface area contributed by atoms with E-state index < -0.39 is 5.92 Å². The van der Waals surface area contributed by atoms with Crippen molar-refractivity contribution >= 4 is 11.6 Å². The van der Waals surface area contributed by atoms with Gasteiger partial charge in [0.15, 0.2) is 0 Å². The van der Waals surface area contributed by atoms with Crippen LogP contribution in [-0.2, 0) is 0 Å². The van der Waals surface area contributed by atoms with Gasteiger partial charge in [0.05, 0.1) is 0 Å². The lowest BCUT2D eigenvalue weighted by atomic mass is 9.76. The van der Waals surface area contributed by atoms with Crippen LogP contribution in [0.25, 0.3) is 0 Å². The molecule has 1 aliphatic carbocycles. The molecule has 1 aliphatic rings. The molecule has 0 saturated heterocycles. The molecule has 1 unspecified atom stereocenters. The molecule has 0 aromatic heterocycles. The Morgan fingerprint density at radius 1 is 1.28 bits per heavy atom. The van der Waals surface area contributed by atoms with E-state index in [0.717, 1.165) is 16.1 Å². The molecular formula is C15H19ClF2. The molecule has 0 nitrogen and oxygen atoms in total. The number of hydrogen-bond acceptors (Lipinski definition) is 0. The van der Waals surface area contributed by atoms with Gasteiger partial charge in [0.1, 0.15) is 0 Å². The molecule has 100 valence electrons. The summed E-state index contributed by atoms with van der Waals surface area (Å²) in [6.45, 7) is 4.09. The maximum Gasteiger partial charge on any atom is 0.248 e. The molecule has 1 aromatic rings. The zero-order chi connectivity index (χ0) is 13.3. The van der Waals surface area contributed by atoms with Crippen molar-refractivity contribution in [3.63, 3.8) is 0 Å². The summed E-state index contributed by atoms with van der Waals surface area (Å²) in [5, 5.41) is 0.794. The second-order valence-corrected chi connectivity index (χ2v) is 5.84. The Hall–Kier alpha value is -0.630. The van der Waals surface area contributed by atoms with Crippen LogP contribution in [0, 0.1) is 12.8 Å². The van der Waals surface area contributed by atoms with Crippen molar-refractivity contribution in [2.75, 3.05) is 0 Å². The van der Waals surface area contributed by atoms with Gasteiger partial charge in [-0.15, -0.1) is 0 Å². The van der Waals surface area contributed by atoms with Gasteiger partial charge < -0.3 is 0 Å². The molecular weight excluding hydrogens is 254 g/mol. The highest BCUT2D eigenvalue weighted by Gasteiger charge is 2.37. The van der Waals surface area contributed by atoms with Crippen LogP contribution in [0.4, 0.5) is 8.78 Å². The van der Waals surface area contributed by atoms with Gasteiger partial charge in [-0.2, -0.15) is 0 Å². The standard InChI is InChI=1S/C15H19ClF2/c1-10-4-3-5-13(14(10)16)11(2)12-6-8-15(17,18)9-7-12/h3-5,11-12H,6-9H2,1-2H3. The number of benzene rings is 1. The quantitative estimate of drug-likeness (QED) is 0.659. The van der Waals surface area contributed by atoms with Gasteiger partial charge in [0.2, 0.25) is 5.92 Å². The van der Waals surface area contributed by atoms with Crippen LogP contribution in [0.15, 0.2) is 18.2 Å². The fourth-order valence-corrected chi connectivity index (χ4v) is 3.14. The first kappa shape index (κ1) is 13.8. The summed E-state index contributed by atoms with van der Waals surface area (Å²) in [6, 6.07) is 5.99. The Morgan fingerprint density at radius 3 is 2.50 bits per heavy atom. The minimum absolute atomic E-state index is 0.0193. The molecule has 1 aromatic carbocycles. The number of halogens is 3. The first-order valence-electron chi connectivity index (χ1n) is 6.53. The van der Waals surface area contributed by atoms with Crippen molar-refractivity contribution < 1.29 is 8.78 Å². The van der Waals surface area contributed by atoms with Crippen LogP contribution in [0.2, 0.25) is 5.02 Å². The second kappa shape index (κ2) is 5.16. The van der Waals surface area contributed by atoms with Gasteiger partial charge in [-0.05, 0) is 42.7 Å². The molecule has 0 N–H and O–H groups in total. The molecule has 2 rings (SSSR count). The van der Waals surface area contributed by atoms with Crippen LogP contribution in [0.1, 0.15) is 49.7 Å². The molecule has 0 radical (unpaired) electrons. The van der Waals surface area contributed by atoms with E-state index in [1.807, 2.05) is 25.1 Å². The van der Waals surface area contributed by atoms with Gasteiger partial charge in [-0.25, -0.2) is 8.78 Å². The minimum Gasteiger partial charge on any atom is -0.207 e. The Balaban J connectivity index is 2.12. The Bertz CT molecular complexity index is 419. The smallest absolute Gasteiger partial charge is 0.207 e. The van der Waals surface area contributed by atoms with Gasteiger partial charge >= 0.3 is 0 Å². The van der Waals surface area contributed by atoms with Crippen molar-refractivity contribution in [2.45, 2.75) is 51.4 Å². The Labute approximate surface area is 112 Å². The van der Waals surface area contributed by atoms with E-state index in [9.17, 15) is 8.78 Å². The lowest BCUT2D eigenvalue weighted by molar-refractivity contribution is -0.0479. The summed E-state index contributed by atoms with van der Waals surface area (Å²) in [6.07, 6.45) is 1.23. The third-order valence-electron chi connectivity index (χ3n) is 4.18. The van der Waals surface area contributed by atoms with Crippen molar-refractivity contribution in [3.05, 3.63) is 34.3 Å². The summed E-state index contributed by atoms with van der Waals surface area (Å²) in [7, 11) is 0. The SMILES string of the molecule is Cc1cccc(C(C)C2CCC(F)(F)CC2)c1Cl. The van der Waals surface area contributed by atoms with Crippen molar-refractivity contribution in [3.8, 4) is 0 Å². The van der Waals surface area contributed by atoms with E-state index in [2.05, 4.69) is 6.92 Å². The van der Waals surface area contributed by atoms with Crippen LogP contribution < -0.4 is 0 Å². The van der Waals surface area contributed by atoms with Crippen LogP contribution >= 0.6 is 11.6 Å². The number of hydrogen-bond donors (Lipinski definition) is 0. The maximum absolute atomic E-state index is 13.2. The monoisotopic (exact) mass is 272 g/mol. The Kier molecular flexibility index (Phi) is 3.96. The summed E-state index contributed by atoms with van der Waals surface area (Å²) in [4.78, 5) is 0. The lowest BCUT2D eigenvalue weighted by Gasteiger charge is -2.32. The van der Waals surface area contributed by atoms with Crippen LogP contribution in [-0.4, -0.2) is 5.92 Å². The molecule has 18 heavy (non-hydrogen) atoms. The van der Waals surface area contributed by atoms with Crippen LogP contribution in [0.5, 0.6) is 0 Å². The maximum atomic E-state index is 13.2. The molecule has 1 atom stereocenters. The van der Waals surface area contributed by atoms with Crippen molar-refractivity contribution in [1.29, 1.82) is 0 Å².